The van der Waals surface area contributed by atoms with E-state index in [1.54, 1.807) is 24.3 Å². The summed E-state index contributed by atoms with van der Waals surface area (Å²) in [6, 6.07) is 9.21. The Morgan fingerprint density at radius 3 is 2.52 bits per heavy atom. The van der Waals surface area contributed by atoms with Crippen molar-refractivity contribution in [2.75, 3.05) is 12.4 Å². The summed E-state index contributed by atoms with van der Waals surface area (Å²) >= 11 is 5.85. The van der Waals surface area contributed by atoms with Gasteiger partial charge in [0.05, 0.1) is 29.1 Å². The van der Waals surface area contributed by atoms with Crippen LogP contribution in [0.15, 0.2) is 42.5 Å². The Morgan fingerprint density at radius 1 is 1.19 bits per heavy atom. The normalized spacial score (nSPS) is 11.3. The molecule has 3 rings (SSSR count). The van der Waals surface area contributed by atoms with Gasteiger partial charge in [0, 0.05) is 0 Å². The van der Waals surface area contributed by atoms with Crippen LogP contribution < -0.4 is 10.1 Å². The van der Waals surface area contributed by atoms with Gasteiger partial charge in [-0.2, -0.15) is 13.2 Å². The van der Waals surface area contributed by atoms with E-state index in [9.17, 15) is 18.0 Å². The van der Waals surface area contributed by atoms with E-state index in [4.69, 9.17) is 16.3 Å². The molecule has 2 aromatic carbocycles. The van der Waals surface area contributed by atoms with Gasteiger partial charge in [-0.15, -0.1) is 15.0 Å². The third-order valence-electron chi connectivity index (χ3n) is 3.46. The van der Waals surface area contributed by atoms with Crippen molar-refractivity contribution in [2.45, 2.75) is 6.18 Å². The molecule has 0 atom stereocenters. The van der Waals surface area contributed by atoms with E-state index in [0.717, 1.165) is 23.0 Å². The van der Waals surface area contributed by atoms with Crippen LogP contribution in [0.1, 0.15) is 16.2 Å². The number of benzene rings is 2. The van der Waals surface area contributed by atoms with Crippen LogP contribution in [0.25, 0.3) is 5.69 Å². The second kappa shape index (κ2) is 7.23. The van der Waals surface area contributed by atoms with E-state index in [-0.39, 0.29) is 16.5 Å². The predicted octanol–water partition coefficient (Wildman–Crippen LogP) is 3.60. The van der Waals surface area contributed by atoms with Gasteiger partial charge in [0.15, 0.2) is 0 Å². The molecule has 0 unspecified atom stereocenters. The number of nitrogens with one attached hydrogen (secondary N) is 1. The number of tetrazole rings is 1. The van der Waals surface area contributed by atoms with E-state index in [1.807, 2.05) is 0 Å². The van der Waals surface area contributed by atoms with Crippen molar-refractivity contribution in [1.82, 2.24) is 20.2 Å². The Balaban J connectivity index is 1.80. The number of alkyl halides is 3. The van der Waals surface area contributed by atoms with Gasteiger partial charge >= 0.3 is 6.18 Å². The van der Waals surface area contributed by atoms with Crippen LogP contribution in [0, 0.1) is 0 Å². The van der Waals surface area contributed by atoms with Gasteiger partial charge in [-0.3, -0.25) is 4.79 Å². The zero-order chi connectivity index (χ0) is 19.6. The van der Waals surface area contributed by atoms with E-state index in [1.165, 1.54) is 7.11 Å². The van der Waals surface area contributed by atoms with Crippen molar-refractivity contribution in [2.24, 2.45) is 0 Å². The zero-order valence-corrected chi connectivity index (χ0v) is 14.4. The topological polar surface area (TPSA) is 81.9 Å². The fourth-order valence-corrected chi connectivity index (χ4v) is 2.27. The van der Waals surface area contributed by atoms with Crippen LogP contribution in [0.4, 0.5) is 18.9 Å². The van der Waals surface area contributed by atoms with Crippen molar-refractivity contribution >= 4 is 23.2 Å². The lowest BCUT2D eigenvalue weighted by Crippen LogP contribution is -2.15. The number of halogens is 4. The molecule has 0 aliphatic rings. The maximum Gasteiger partial charge on any atom is 0.416 e. The molecule has 0 fully saturated rings. The SMILES string of the molecule is COc1ccc(-n2nnc(C(=O)Nc3cc(C(F)(F)F)ccc3Cl)n2)cc1. The van der Waals surface area contributed by atoms with Crippen LogP contribution in [0.2, 0.25) is 5.02 Å². The maximum absolute atomic E-state index is 12.8. The highest BCUT2D eigenvalue weighted by molar-refractivity contribution is 6.33. The molecule has 27 heavy (non-hydrogen) atoms. The number of amides is 1. The first-order valence-corrected chi connectivity index (χ1v) is 7.78. The predicted molar refractivity (Wildman–Crippen MR) is 90.1 cm³/mol. The highest BCUT2D eigenvalue weighted by atomic mass is 35.5. The van der Waals surface area contributed by atoms with Crippen LogP contribution in [0.5, 0.6) is 5.75 Å². The summed E-state index contributed by atoms with van der Waals surface area (Å²) in [6.07, 6.45) is -4.57. The number of anilines is 1. The highest BCUT2D eigenvalue weighted by Crippen LogP contribution is 2.33. The minimum Gasteiger partial charge on any atom is -0.497 e. The monoisotopic (exact) mass is 397 g/mol. The Morgan fingerprint density at radius 2 is 1.89 bits per heavy atom. The number of ether oxygens (including phenoxy) is 1. The van der Waals surface area contributed by atoms with Gasteiger partial charge in [-0.25, -0.2) is 0 Å². The van der Waals surface area contributed by atoms with Crippen LogP contribution in [-0.4, -0.2) is 33.2 Å². The van der Waals surface area contributed by atoms with Gasteiger partial charge in [0.2, 0.25) is 0 Å². The number of nitrogens with zero attached hydrogens (tertiary/aromatic N) is 4. The van der Waals surface area contributed by atoms with Gasteiger partial charge < -0.3 is 10.1 Å². The number of hydrogen-bond donors (Lipinski definition) is 1. The first kappa shape index (κ1) is 18.6. The Bertz CT molecular complexity index is 973. The Hall–Kier alpha value is -3.14. The fraction of sp³-hybridized carbons (Fsp3) is 0.125. The summed E-state index contributed by atoms with van der Waals surface area (Å²) in [4.78, 5) is 13.3. The first-order chi connectivity index (χ1) is 12.8. The van der Waals surface area contributed by atoms with E-state index in [0.29, 0.717) is 11.4 Å². The molecule has 0 aliphatic heterocycles. The molecule has 0 saturated heterocycles. The molecule has 0 radical (unpaired) electrons. The van der Waals surface area contributed by atoms with Gasteiger partial charge in [-0.1, -0.05) is 11.6 Å². The van der Waals surface area contributed by atoms with Crippen LogP contribution in [-0.2, 0) is 6.18 Å². The third kappa shape index (κ3) is 4.17. The summed E-state index contributed by atoms with van der Waals surface area (Å²) in [5.41, 5.74) is -0.645. The number of carbonyl (C=O) groups excluding carboxylic acids is 1. The maximum atomic E-state index is 12.8. The molecule has 0 bridgehead atoms. The minimum atomic E-state index is -4.57. The fourth-order valence-electron chi connectivity index (χ4n) is 2.11. The first-order valence-electron chi connectivity index (χ1n) is 7.40. The summed E-state index contributed by atoms with van der Waals surface area (Å²) in [5.74, 6) is -0.564. The third-order valence-corrected chi connectivity index (χ3v) is 3.79. The molecule has 0 spiro atoms. The number of rotatable bonds is 4. The second-order valence-corrected chi connectivity index (χ2v) is 5.65. The molecule has 1 N–H and O–H groups in total. The Kier molecular flexibility index (Phi) is 5.00. The standard InChI is InChI=1S/C16H11ClF3N5O2/c1-27-11-5-3-10(4-6-11)25-23-14(22-24-25)15(26)21-13-8-9(16(18,19)20)2-7-12(13)17/h2-8H,1H3,(H,21,26). The molecule has 0 aliphatic carbocycles. The van der Waals surface area contributed by atoms with Crippen molar-refractivity contribution in [3.05, 3.63) is 58.9 Å². The van der Waals surface area contributed by atoms with Crippen LogP contribution in [0.3, 0.4) is 0 Å². The molecule has 0 saturated carbocycles. The molecule has 3 aromatic rings. The van der Waals surface area contributed by atoms with Crippen molar-refractivity contribution in [3.63, 3.8) is 0 Å². The second-order valence-electron chi connectivity index (χ2n) is 5.25. The van der Waals surface area contributed by atoms with Crippen molar-refractivity contribution < 1.29 is 22.7 Å². The molecule has 1 amide bonds. The molecule has 11 heteroatoms. The summed E-state index contributed by atoms with van der Waals surface area (Å²) < 4.78 is 43.4. The van der Waals surface area contributed by atoms with E-state index in [2.05, 4.69) is 20.7 Å². The lowest BCUT2D eigenvalue weighted by atomic mass is 10.2. The number of aromatic nitrogens is 4. The largest absolute Gasteiger partial charge is 0.497 e. The van der Waals surface area contributed by atoms with Gasteiger partial charge in [-0.05, 0) is 47.7 Å². The Labute approximate surface area is 155 Å². The summed E-state index contributed by atoms with van der Waals surface area (Å²) in [5, 5.41) is 13.5. The molecule has 7 nitrogen and oxygen atoms in total. The summed E-state index contributed by atoms with van der Waals surface area (Å²) in [7, 11) is 1.52. The van der Waals surface area contributed by atoms with Crippen molar-refractivity contribution in [1.29, 1.82) is 0 Å². The highest BCUT2D eigenvalue weighted by Gasteiger charge is 2.31. The minimum absolute atomic E-state index is 0.0566. The lowest BCUT2D eigenvalue weighted by Gasteiger charge is -2.10. The zero-order valence-electron chi connectivity index (χ0n) is 13.7. The smallest absolute Gasteiger partial charge is 0.416 e. The number of carbonyl (C=O) groups is 1. The summed E-state index contributed by atoms with van der Waals surface area (Å²) in [6.45, 7) is 0. The number of hydrogen-bond acceptors (Lipinski definition) is 5. The molecule has 1 heterocycles. The molecule has 1 aromatic heterocycles. The average Bonchev–Trinajstić information content (AvgIpc) is 3.13. The van der Waals surface area contributed by atoms with Gasteiger partial charge in [0.1, 0.15) is 5.75 Å². The van der Waals surface area contributed by atoms with Gasteiger partial charge in [0.25, 0.3) is 11.7 Å². The quantitative estimate of drug-likeness (QED) is 0.727. The van der Waals surface area contributed by atoms with E-state index < -0.39 is 17.6 Å². The lowest BCUT2D eigenvalue weighted by molar-refractivity contribution is -0.137. The van der Waals surface area contributed by atoms with Crippen molar-refractivity contribution in [3.8, 4) is 11.4 Å². The molecular formula is C16H11ClF3N5O2. The van der Waals surface area contributed by atoms with E-state index >= 15 is 0 Å². The average molecular weight is 398 g/mol. The van der Waals surface area contributed by atoms with Crippen LogP contribution >= 0.6 is 11.6 Å². The molecule has 140 valence electrons. The molecular weight excluding hydrogens is 387 g/mol. The number of methoxy groups -OCH3 is 1.